The van der Waals surface area contributed by atoms with Crippen LogP contribution < -0.4 is 0 Å². The van der Waals surface area contributed by atoms with E-state index >= 15 is 0 Å². The number of nitrogens with zero attached hydrogens (tertiary/aromatic N) is 1. The van der Waals surface area contributed by atoms with Crippen molar-refractivity contribution in [2.24, 2.45) is 0 Å². The molecule has 0 radical (unpaired) electrons. The maximum atomic E-state index is 12.1. The van der Waals surface area contributed by atoms with Crippen LogP contribution in [0.3, 0.4) is 0 Å². The first-order chi connectivity index (χ1) is 8.50. The van der Waals surface area contributed by atoms with Crippen LogP contribution in [-0.2, 0) is 0 Å². The zero-order valence-corrected chi connectivity index (χ0v) is 12.7. The van der Waals surface area contributed by atoms with Crippen molar-refractivity contribution in [3.8, 4) is 0 Å². The average Bonchev–Trinajstić information content (AvgIpc) is 2.76. The molecule has 0 bridgehead atoms. The Balaban J connectivity index is 2.07. The number of carbonyl (C=O) groups is 1. The molecule has 0 aromatic heterocycles. The van der Waals surface area contributed by atoms with Gasteiger partial charge in [-0.15, -0.1) is 0 Å². The first-order valence-corrected chi connectivity index (χ1v) is 10.5. The van der Waals surface area contributed by atoms with E-state index in [0.29, 0.717) is 11.3 Å². The SMILES string of the molecule is O=C(CS1(Br)CCSC1)c1ccc([N+](=O)[O-])cc1. The van der Waals surface area contributed by atoms with Gasteiger partial charge in [-0.2, -0.15) is 20.2 Å². The van der Waals surface area contributed by atoms with Crippen molar-refractivity contribution in [1.29, 1.82) is 0 Å². The molecule has 1 aromatic rings. The van der Waals surface area contributed by atoms with Gasteiger partial charge in [0.05, 0.1) is 10.7 Å². The molecule has 1 aliphatic heterocycles. The number of benzene rings is 1. The highest BCUT2D eigenvalue weighted by molar-refractivity contribution is 9.58. The number of nitro benzene ring substituents is 1. The third-order valence-corrected chi connectivity index (χ3v) is 10.8. The lowest BCUT2D eigenvalue weighted by Gasteiger charge is -2.25. The summed E-state index contributed by atoms with van der Waals surface area (Å²) in [6, 6.07) is 5.84. The molecule has 18 heavy (non-hydrogen) atoms. The molecule has 1 aliphatic rings. The highest BCUT2D eigenvalue weighted by Crippen LogP contribution is 2.62. The minimum absolute atomic E-state index is 0.0175. The Kier molecular flexibility index (Phi) is 4.34. The first kappa shape index (κ1) is 13.9. The molecule has 98 valence electrons. The standard InChI is InChI=1S/C11H12BrNO3S2/c12-18(6-5-17-8-18)7-11(14)9-1-3-10(4-2-9)13(15)16/h1-4H,5-8H2. The molecule has 1 saturated heterocycles. The summed E-state index contributed by atoms with van der Waals surface area (Å²) >= 11 is 5.59. The minimum atomic E-state index is -0.986. The Morgan fingerprint density at radius 2 is 2.11 bits per heavy atom. The molecule has 1 unspecified atom stereocenters. The van der Waals surface area contributed by atoms with Gasteiger partial charge in [-0.05, 0) is 32.7 Å². The van der Waals surface area contributed by atoms with Crippen LogP contribution in [0.2, 0.25) is 0 Å². The smallest absolute Gasteiger partial charge is 0.269 e. The second-order valence-corrected chi connectivity index (χ2v) is 12.5. The number of hydrogen-bond donors (Lipinski definition) is 0. The molecule has 1 atom stereocenters. The molecule has 2 rings (SSSR count). The maximum absolute atomic E-state index is 12.1. The molecule has 1 aromatic carbocycles. The second kappa shape index (κ2) is 5.63. The largest absolute Gasteiger partial charge is 0.293 e. The van der Waals surface area contributed by atoms with Gasteiger partial charge in [0.15, 0.2) is 5.78 Å². The molecular formula is C11H12BrNO3S2. The molecule has 1 heterocycles. The highest BCUT2D eigenvalue weighted by Gasteiger charge is 2.29. The van der Waals surface area contributed by atoms with Crippen LogP contribution in [-0.4, -0.2) is 33.1 Å². The molecule has 0 spiro atoms. The predicted molar refractivity (Wildman–Crippen MR) is 81.0 cm³/mol. The fraction of sp³-hybridized carbons (Fsp3) is 0.364. The summed E-state index contributed by atoms with van der Waals surface area (Å²) in [5.74, 6) is 2.77. The van der Waals surface area contributed by atoms with E-state index in [4.69, 9.17) is 0 Å². The molecule has 0 saturated carbocycles. The summed E-state index contributed by atoms with van der Waals surface area (Å²) in [7, 11) is -0.986. The highest BCUT2D eigenvalue weighted by atomic mass is 79.9. The summed E-state index contributed by atoms with van der Waals surface area (Å²) < 4.78 is 0. The molecule has 0 aliphatic carbocycles. The topological polar surface area (TPSA) is 60.2 Å². The van der Waals surface area contributed by atoms with Gasteiger partial charge in [0.2, 0.25) is 0 Å². The third kappa shape index (κ3) is 3.27. The van der Waals surface area contributed by atoms with E-state index in [2.05, 4.69) is 14.8 Å². The molecule has 1 fully saturated rings. The number of nitro groups is 1. The molecule has 0 amide bonds. The van der Waals surface area contributed by atoms with Crippen molar-refractivity contribution < 1.29 is 9.72 Å². The van der Waals surface area contributed by atoms with E-state index < -0.39 is 13.4 Å². The average molecular weight is 350 g/mol. The number of rotatable bonds is 4. The van der Waals surface area contributed by atoms with Crippen LogP contribution in [0, 0.1) is 10.1 Å². The molecule has 4 nitrogen and oxygen atoms in total. The Labute approximate surface area is 118 Å². The van der Waals surface area contributed by atoms with E-state index in [9.17, 15) is 14.9 Å². The lowest BCUT2D eigenvalue weighted by molar-refractivity contribution is -0.384. The lowest BCUT2D eigenvalue weighted by Crippen LogP contribution is -2.11. The van der Waals surface area contributed by atoms with Crippen LogP contribution in [0.1, 0.15) is 10.4 Å². The van der Waals surface area contributed by atoms with Crippen molar-refractivity contribution in [3.63, 3.8) is 0 Å². The first-order valence-electron chi connectivity index (χ1n) is 5.32. The summed E-state index contributed by atoms with van der Waals surface area (Å²) in [5, 5.41) is 11.5. The van der Waals surface area contributed by atoms with Crippen LogP contribution in [0.25, 0.3) is 0 Å². The van der Waals surface area contributed by atoms with Gasteiger partial charge in [0.1, 0.15) is 0 Å². The Morgan fingerprint density at radius 1 is 1.44 bits per heavy atom. The van der Waals surface area contributed by atoms with Gasteiger partial charge in [-0.3, -0.25) is 14.9 Å². The van der Waals surface area contributed by atoms with Crippen molar-refractivity contribution in [2.45, 2.75) is 0 Å². The van der Waals surface area contributed by atoms with E-state index in [-0.39, 0.29) is 11.5 Å². The van der Waals surface area contributed by atoms with Crippen molar-refractivity contribution in [3.05, 3.63) is 39.9 Å². The minimum Gasteiger partial charge on any atom is -0.293 e. The number of thioether (sulfide) groups is 1. The number of hydrogen-bond acceptors (Lipinski definition) is 4. The maximum Gasteiger partial charge on any atom is 0.269 e. The van der Waals surface area contributed by atoms with Crippen LogP contribution >= 0.6 is 35.0 Å². The van der Waals surface area contributed by atoms with Gasteiger partial charge in [0.25, 0.3) is 5.69 Å². The summed E-state index contributed by atoms with van der Waals surface area (Å²) in [5.41, 5.74) is 0.577. The number of ketones is 1. The Bertz CT molecular complexity index is 472. The number of Topliss-reactive ketones (excluding diaryl/α,β-unsaturated/α-hetero) is 1. The van der Waals surface area contributed by atoms with Crippen molar-refractivity contribution in [1.82, 2.24) is 0 Å². The van der Waals surface area contributed by atoms with E-state index in [1.54, 1.807) is 12.1 Å². The lowest BCUT2D eigenvalue weighted by atomic mass is 10.1. The van der Waals surface area contributed by atoms with Crippen LogP contribution in [0.4, 0.5) is 5.69 Å². The molecule has 7 heteroatoms. The quantitative estimate of drug-likeness (QED) is 0.473. The van der Waals surface area contributed by atoms with Crippen LogP contribution in [0.15, 0.2) is 24.3 Å². The number of carbonyl (C=O) groups excluding carboxylic acids is 1. The number of halogens is 1. The molecule has 0 N–H and O–H groups in total. The van der Waals surface area contributed by atoms with E-state index in [1.165, 1.54) is 12.1 Å². The van der Waals surface area contributed by atoms with E-state index in [0.717, 1.165) is 16.6 Å². The van der Waals surface area contributed by atoms with E-state index in [1.807, 2.05) is 11.8 Å². The monoisotopic (exact) mass is 349 g/mol. The van der Waals surface area contributed by atoms with Gasteiger partial charge in [0, 0.05) is 28.5 Å². The van der Waals surface area contributed by atoms with Crippen molar-refractivity contribution in [2.75, 3.05) is 22.3 Å². The predicted octanol–water partition coefficient (Wildman–Crippen LogP) is 3.60. The summed E-state index contributed by atoms with van der Waals surface area (Å²) in [6.07, 6.45) is 0. The van der Waals surface area contributed by atoms with Gasteiger partial charge in [-0.1, -0.05) is 0 Å². The van der Waals surface area contributed by atoms with Gasteiger partial charge >= 0.3 is 0 Å². The van der Waals surface area contributed by atoms with Gasteiger partial charge < -0.3 is 0 Å². The number of non-ortho nitro benzene ring substituents is 1. The molecular weight excluding hydrogens is 338 g/mol. The summed E-state index contributed by atoms with van der Waals surface area (Å²) in [4.78, 5) is 22.2. The fourth-order valence-corrected chi connectivity index (χ4v) is 9.60. The third-order valence-electron chi connectivity index (χ3n) is 2.68. The summed E-state index contributed by atoms with van der Waals surface area (Å²) in [6.45, 7) is 0. The van der Waals surface area contributed by atoms with Crippen LogP contribution in [0.5, 0.6) is 0 Å². The second-order valence-electron chi connectivity index (χ2n) is 4.04. The zero-order chi connectivity index (χ0) is 13.2. The Hall–Kier alpha value is -0.530. The fourth-order valence-electron chi connectivity index (χ4n) is 1.68. The normalized spacial score (nSPS) is 26.5. The Morgan fingerprint density at radius 3 is 2.61 bits per heavy atom. The van der Waals surface area contributed by atoms with Gasteiger partial charge in [-0.25, -0.2) is 0 Å². The van der Waals surface area contributed by atoms with Crippen molar-refractivity contribution >= 4 is 46.5 Å². The zero-order valence-electron chi connectivity index (χ0n) is 9.50.